The molecule has 1 aliphatic rings. The number of carbonyl (C=O) groups is 2. The molecule has 1 fully saturated rings. The maximum Gasteiger partial charge on any atom is 0.414 e. The van der Waals surface area contributed by atoms with E-state index in [4.69, 9.17) is 4.74 Å². The van der Waals surface area contributed by atoms with Crippen molar-refractivity contribution >= 4 is 34.1 Å². The average Bonchev–Trinajstić information content (AvgIpc) is 3.16. The van der Waals surface area contributed by atoms with Gasteiger partial charge in [0.2, 0.25) is 0 Å². The summed E-state index contributed by atoms with van der Waals surface area (Å²) >= 11 is 1.41. The minimum Gasteiger partial charge on any atom is -0.442 e. The molecule has 0 unspecified atom stereocenters. The van der Waals surface area contributed by atoms with Gasteiger partial charge in [-0.2, -0.15) is 0 Å². The third-order valence-electron chi connectivity index (χ3n) is 3.26. The van der Waals surface area contributed by atoms with Crippen LogP contribution in [0.5, 0.6) is 0 Å². The van der Waals surface area contributed by atoms with E-state index in [1.165, 1.54) is 40.5 Å². The van der Waals surface area contributed by atoms with Crippen LogP contribution in [0.25, 0.3) is 0 Å². The molecule has 3 amide bonds. The highest BCUT2D eigenvalue weighted by atomic mass is 32.1. The first-order valence-corrected chi connectivity index (χ1v) is 7.82. The number of urea groups is 1. The van der Waals surface area contributed by atoms with E-state index >= 15 is 0 Å². The van der Waals surface area contributed by atoms with Gasteiger partial charge in [0.1, 0.15) is 11.9 Å². The Morgan fingerprint density at radius 2 is 2.13 bits per heavy atom. The van der Waals surface area contributed by atoms with Crippen LogP contribution in [0.1, 0.15) is 0 Å². The van der Waals surface area contributed by atoms with Crippen molar-refractivity contribution in [1.29, 1.82) is 0 Å². The topological polar surface area (TPSA) is 70.7 Å². The molecule has 3 rings (SSSR count). The predicted molar refractivity (Wildman–Crippen MR) is 85.4 cm³/mol. The number of benzene rings is 1. The molecular formula is C15H14FN3O3S. The lowest BCUT2D eigenvalue weighted by Crippen LogP contribution is -2.37. The molecule has 23 heavy (non-hydrogen) atoms. The molecule has 1 aliphatic heterocycles. The van der Waals surface area contributed by atoms with Crippen LogP contribution in [0.4, 0.5) is 24.7 Å². The number of ether oxygens (including phenoxy) is 1. The summed E-state index contributed by atoms with van der Waals surface area (Å²) in [7, 11) is 0. The zero-order chi connectivity index (χ0) is 16.2. The van der Waals surface area contributed by atoms with E-state index in [1.54, 1.807) is 6.07 Å². The van der Waals surface area contributed by atoms with Crippen LogP contribution < -0.4 is 15.5 Å². The molecule has 2 heterocycles. The Balaban J connectivity index is 1.51. The van der Waals surface area contributed by atoms with Crippen molar-refractivity contribution in [2.75, 3.05) is 23.3 Å². The van der Waals surface area contributed by atoms with E-state index in [2.05, 4.69) is 10.6 Å². The largest absolute Gasteiger partial charge is 0.442 e. The van der Waals surface area contributed by atoms with E-state index in [9.17, 15) is 14.0 Å². The van der Waals surface area contributed by atoms with Crippen LogP contribution in [0.3, 0.4) is 0 Å². The molecule has 6 nitrogen and oxygen atoms in total. The van der Waals surface area contributed by atoms with Crippen LogP contribution in [0.2, 0.25) is 0 Å². The summed E-state index contributed by atoms with van der Waals surface area (Å²) < 4.78 is 18.1. The maximum absolute atomic E-state index is 12.9. The quantitative estimate of drug-likeness (QED) is 0.902. The summed E-state index contributed by atoms with van der Waals surface area (Å²) in [4.78, 5) is 25.0. The second-order valence-electron chi connectivity index (χ2n) is 4.91. The second-order valence-corrected chi connectivity index (χ2v) is 5.85. The van der Waals surface area contributed by atoms with Crippen LogP contribution in [-0.2, 0) is 4.74 Å². The number of carbonyl (C=O) groups excluding carboxylic acids is 2. The maximum atomic E-state index is 12.9. The highest BCUT2D eigenvalue weighted by Gasteiger charge is 2.32. The number of rotatable bonds is 4. The molecule has 0 aliphatic carbocycles. The van der Waals surface area contributed by atoms with Crippen molar-refractivity contribution < 1.29 is 18.7 Å². The number of cyclic esters (lactones) is 1. The monoisotopic (exact) mass is 335 g/mol. The molecule has 2 N–H and O–H groups in total. The number of halogens is 1. The Bertz CT molecular complexity index is 691. The Hall–Kier alpha value is -2.61. The fourth-order valence-electron chi connectivity index (χ4n) is 2.17. The minimum absolute atomic E-state index is 0.195. The van der Waals surface area contributed by atoms with Gasteiger partial charge >= 0.3 is 12.1 Å². The zero-order valence-corrected chi connectivity index (χ0v) is 12.8. The number of nitrogens with one attached hydrogen (secondary N) is 2. The molecule has 1 saturated heterocycles. The standard InChI is InChI=1S/C15H14FN3O3S/c16-10-3-5-11(6-4-10)19-9-12(22-15(19)21)8-17-14(20)18-13-2-1-7-23-13/h1-7,12H,8-9H2,(H2,17,18,20)/t12-/m1/s1. The summed E-state index contributed by atoms with van der Waals surface area (Å²) in [6, 6.07) is 8.84. The molecule has 8 heteroatoms. The molecular weight excluding hydrogens is 321 g/mol. The fourth-order valence-corrected chi connectivity index (χ4v) is 2.78. The summed E-state index contributed by atoms with van der Waals surface area (Å²) in [6.45, 7) is 0.490. The molecule has 1 aromatic heterocycles. The molecule has 120 valence electrons. The van der Waals surface area contributed by atoms with E-state index in [0.717, 1.165) is 5.00 Å². The normalized spacial score (nSPS) is 17.0. The lowest BCUT2D eigenvalue weighted by Gasteiger charge is -2.13. The van der Waals surface area contributed by atoms with Crippen molar-refractivity contribution in [2.24, 2.45) is 0 Å². The number of nitrogens with zero attached hydrogens (tertiary/aromatic N) is 1. The first-order valence-electron chi connectivity index (χ1n) is 6.94. The SMILES string of the molecule is O=C(NC[C@@H]1CN(c2ccc(F)cc2)C(=O)O1)Nc1cccs1. The van der Waals surface area contributed by atoms with Gasteiger partial charge in [-0.1, -0.05) is 0 Å². The Morgan fingerprint density at radius 1 is 1.35 bits per heavy atom. The fraction of sp³-hybridized carbons (Fsp3) is 0.200. The number of hydrogen-bond acceptors (Lipinski definition) is 4. The molecule has 1 atom stereocenters. The average molecular weight is 335 g/mol. The molecule has 0 spiro atoms. The first-order chi connectivity index (χ1) is 11.1. The van der Waals surface area contributed by atoms with Gasteiger partial charge in [-0.05, 0) is 41.8 Å². The lowest BCUT2D eigenvalue weighted by molar-refractivity contribution is 0.141. The zero-order valence-electron chi connectivity index (χ0n) is 12.0. The van der Waals surface area contributed by atoms with Gasteiger partial charge in [-0.3, -0.25) is 10.2 Å². The number of amides is 3. The Labute approximate surface area is 135 Å². The van der Waals surface area contributed by atoms with Crippen molar-refractivity contribution in [2.45, 2.75) is 6.10 Å². The van der Waals surface area contributed by atoms with Crippen LogP contribution >= 0.6 is 11.3 Å². The van der Waals surface area contributed by atoms with Gasteiger partial charge in [0.25, 0.3) is 0 Å². The lowest BCUT2D eigenvalue weighted by atomic mass is 10.2. The third kappa shape index (κ3) is 3.78. The van der Waals surface area contributed by atoms with Crippen molar-refractivity contribution in [3.63, 3.8) is 0 Å². The Kier molecular flexibility index (Phi) is 4.42. The van der Waals surface area contributed by atoms with E-state index < -0.39 is 12.2 Å². The second kappa shape index (κ2) is 6.66. The van der Waals surface area contributed by atoms with Crippen molar-refractivity contribution in [1.82, 2.24) is 5.32 Å². The number of hydrogen-bond donors (Lipinski definition) is 2. The van der Waals surface area contributed by atoms with Crippen molar-refractivity contribution in [3.8, 4) is 0 Å². The van der Waals surface area contributed by atoms with Gasteiger partial charge < -0.3 is 10.1 Å². The van der Waals surface area contributed by atoms with Gasteiger partial charge in [0.15, 0.2) is 0 Å². The smallest absolute Gasteiger partial charge is 0.414 e. The third-order valence-corrected chi connectivity index (χ3v) is 4.05. The molecule has 0 saturated carbocycles. The Morgan fingerprint density at radius 3 is 2.83 bits per heavy atom. The van der Waals surface area contributed by atoms with E-state index in [1.807, 2.05) is 11.4 Å². The van der Waals surface area contributed by atoms with Crippen LogP contribution in [-0.4, -0.2) is 31.3 Å². The van der Waals surface area contributed by atoms with Gasteiger partial charge in [0, 0.05) is 5.69 Å². The molecule has 0 bridgehead atoms. The number of thiophene rings is 1. The number of anilines is 2. The highest BCUT2D eigenvalue weighted by molar-refractivity contribution is 7.14. The van der Waals surface area contributed by atoms with E-state index in [-0.39, 0.29) is 18.4 Å². The summed E-state index contributed by atoms with van der Waals surface area (Å²) in [6.07, 6.45) is -0.969. The first kappa shape index (κ1) is 15.3. The van der Waals surface area contributed by atoms with Gasteiger partial charge in [0.05, 0.1) is 18.1 Å². The minimum atomic E-state index is -0.512. The van der Waals surface area contributed by atoms with Gasteiger partial charge in [-0.25, -0.2) is 14.0 Å². The van der Waals surface area contributed by atoms with Crippen LogP contribution in [0, 0.1) is 5.82 Å². The summed E-state index contributed by atoms with van der Waals surface area (Å²) in [5.41, 5.74) is 0.557. The molecule has 1 aromatic carbocycles. The van der Waals surface area contributed by atoms with Crippen LogP contribution in [0.15, 0.2) is 41.8 Å². The summed E-state index contributed by atoms with van der Waals surface area (Å²) in [5.74, 6) is -0.371. The highest BCUT2D eigenvalue weighted by Crippen LogP contribution is 2.21. The molecule has 2 aromatic rings. The predicted octanol–water partition coefficient (Wildman–Crippen LogP) is 3.03. The molecule has 0 radical (unpaired) electrons. The summed E-state index contributed by atoms with van der Waals surface area (Å²) in [5, 5.41) is 7.93. The van der Waals surface area contributed by atoms with E-state index in [0.29, 0.717) is 12.2 Å². The van der Waals surface area contributed by atoms with Gasteiger partial charge in [-0.15, -0.1) is 11.3 Å². The van der Waals surface area contributed by atoms with Crippen molar-refractivity contribution in [3.05, 3.63) is 47.6 Å².